The maximum atomic E-state index is 12.7. The Balaban J connectivity index is 2.01. The van der Waals surface area contributed by atoms with Gasteiger partial charge in [-0.3, -0.25) is 14.5 Å². The summed E-state index contributed by atoms with van der Waals surface area (Å²) in [5.41, 5.74) is 2.66. The van der Waals surface area contributed by atoms with E-state index in [0.29, 0.717) is 36.8 Å². The van der Waals surface area contributed by atoms with E-state index in [1.165, 1.54) is 0 Å². The maximum Gasteiger partial charge on any atom is 0.304 e. The minimum absolute atomic E-state index is 0.0186. The van der Waals surface area contributed by atoms with E-state index in [9.17, 15) is 9.59 Å². The molecular formula is C17H23ClN2O3. The average Bonchev–Trinajstić information content (AvgIpc) is 2.49. The first-order chi connectivity index (χ1) is 10.8. The molecule has 0 bridgehead atoms. The summed E-state index contributed by atoms with van der Waals surface area (Å²) in [7, 11) is 0. The SMILES string of the molecule is Cc1cc(Cl)c(C(=O)N2CCN(C(C)CC(=O)O)CC2)cc1C. The molecule has 0 aromatic heterocycles. The van der Waals surface area contributed by atoms with Crippen molar-refractivity contribution >= 4 is 23.5 Å². The Morgan fingerprint density at radius 1 is 1.17 bits per heavy atom. The highest BCUT2D eigenvalue weighted by atomic mass is 35.5. The van der Waals surface area contributed by atoms with Crippen LogP contribution in [0.3, 0.4) is 0 Å². The second-order valence-corrected chi connectivity index (χ2v) is 6.60. The summed E-state index contributed by atoms with van der Waals surface area (Å²) in [4.78, 5) is 27.4. The van der Waals surface area contributed by atoms with Crippen LogP contribution < -0.4 is 0 Å². The molecule has 1 aromatic rings. The first-order valence-electron chi connectivity index (χ1n) is 7.81. The van der Waals surface area contributed by atoms with Gasteiger partial charge in [0.25, 0.3) is 5.91 Å². The van der Waals surface area contributed by atoms with Crippen LogP contribution in [0.25, 0.3) is 0 Å². The summed E-state index contributed by atoms with van der Waals surface area (Å²) < 4.78 is 0. The quantitative estimate of drug-likeness (QED) is 0.916. The number of carbonyl (C=O) groups excluding carboxylic acids is 1. The Bertz CT molecular complexity index is 610. The number of carbonyl (C=O) groups is 2. The third-order valence-corrected chi connectivity index (χ3v) is 4.82. The third-order valence-electron chi connectivity index (χ3n) is 4.51. The molecule has 126 valence electrons. The molecule has 1 aliphatic rings. The van der Waals surface area contributed by atoms with Gasteiger partial charge < -0.3 is 10.0 Å². The minimum atomic E-state index is -0.794. The van der Waals surface area contributed by atoms with E-state index >= 15 is 0 Å². The molecule has 0 aliphatic carbocycles. The summed E-state index contributed by atoms with van der Waals surface area (Å²) in [6, 6.07) is 3.66. The third kappa shape index (κ3) is 4.24. The van der Waals surface area contributed by atoms with Crippen LogP contribution in [0.5, 0.6) is 0 Å². The van der Waals surface area contributed by atoms with Gasteiger partial charge in [-0.15, -0.1) is 0 Å². The molecule has 23 heavy (non-hydrogen) atoms. The van der Waals surface area contributed by atoms with Crippen molar-refractivity contribution in [2.45, 2.75) is 33.2 Å². The van der Waals surface area contributed by atoms with E-state index in [2.05, 4.69) is 4.90 Å². The lowest BCUT2D eigenvalue weighted by Crippen LogP contribution is -2.51. The lowest BCUT2D eigenvalue weighted by Gasteiger charge is -2.37. The van der Waals surface area contributed by atoms with Crippen molar-refractivity contribution < 1.29 is 14.7 Å². The van der Waals surface area contributed by atoms with Gasteiger partial charge in [0.2, 0.25) is 0 Å². The van der Waals surface area contributed by atoms with E-state index in [0.717, 1.165) is 11.1 Å². The zero-order chi connectivity index (χ0) is 17.1. The number of rotatable bonds is 4. The molecule has 1 aromatic carbocycles. The lowest BCUT2D eigenvalue weighted by atomic mass is 10.0. The highest BCUT2D eigenvalue weighted by Gasteiger charge is 2.26. The zero-order valence-corrected chi connectivity index (χ0v) is 14.6. The molecule has 1 heterocycles. The Kier molecular flexibility index (Phi) is 5.65. The van der Waals surface area contributed by atoms with E-state index < -0.39 is 5.97 Å². The van der Waals surface area contributed by atoms with Crippen LogP contribution in [0.4, 0.5) is 0 Å². The van der Waals surface area contributed by atoms with Crippen molar-refractivity contribution in [3.63, 3.8) is 0 Å². The van der Waals surface area contributed by atoms with Crippen LogP contribution in [0.15, 0.2) is 12.1 Å². The zero-order valence-electron chi connectivity index (χ0n) is 13.8. The van der Waals surface area contributed by atoms with Crippen LogP contribution in [-0.2, 0) is 4.79 Å². The normalized spacial score (nSPS) is 17.1. The molecule has 1 aliphatic heterocycles. The molecule has 1 atom stereocenters. The topological polar surface area (TPSA) is 60.9 Å². The number of piperazine rings is 1. The lowest BCUT2D eigenvalue weighted by molar-refractivity contribution is -0.138. The molecule has 1 unspecified atom stereocenters. The molecular weight excluding hydrogens is 316 g/mol. The smallest absolute Gasteiger partial charge is 0.304 e. The number of aliphatic carboxylic acids is 1. The number of hydrogen-bond donors (Lipinski definition) is 1. The number of hydrogen-bond acceptors (Lipinski definition) is 3. The van der Waals surface area contributed by atoms with Crippen molar-refractivity contribution in [2.75, 3.05) is 26.2 Å². The summed E-state index contributed by atoms with van der Waals surface area (Å²) in [5, 5.41) is 9.36. The van der Waals surface area contributed by atoms with Crippen molar-refractivity contribution in [3.8, 4) is 0 Å². The van der Waals surface area contributed by atoms with E-state index in [-0.39, 0.29) is 18.4 Å². The van der Waals surface area contributed by atoms with E-state index in [4.69, 9.17) is 16.7 Å². The van der Waals surface area contributed by atoms with Gasteiger partial charge in [0.05, 0.1) is 17.0 Å². The monoisotopic (exact) mass is 338 g/mol. The molecule has 5 nitrogen and oxygen atoms in total. The predicted molar refractivity (Wildman–Crippen MR) is 90.1 cm³/mol. The van der Waals surface area contributed by atoms with Gasteiger partial charge in [-0.2, -0.15) is 0 Å². The second-order valence-electron chi connectivity index (χ2n) is 6.19. The Hall–Kier alpha value is -1.59. The first kappa shape index (κ1) is 17.8. The Morgan fingerprint density at radius 2 is 1.74 bits per heavy atom. The molecule has 0 radical (unpaired) electrons. The van der Waals surface area contributed by atoms with Gasteiger partial charge in [-0.1, -0.05) is 11.6 Å². The number of halogens is 1. The Morgan fingerprint density at radius 3 is 2.30 bits per heavy atom. The largest absolute Gasteiger partial charge is 0.481 e. The van der Waals surface area contributed by atoms with Gasteiger partial charge in [-0.05, 0) is 44.0 Å². The summed E-state index contributed by atoms with van der Waals surface area (Å²) in [5.74, 6) is -0.846. The highest BCUT2D eigenvalue weighted by Crippen LogP contribution is 2.23. The molecule has 1 N–H and O–H groups in total. The number of amides is 1. The number of nitrogens with zero attached hydrogens (tertiary/aromatic N) is 2. The molecule has 1 saturated heterocycles. The fourth-order valence-corrected chi connectivity index (χ4v) is 3.16. The summed E-state index contributed by atoms with van der Waals surface area (Å²) >= 11 is 6.23. The second kappa shape index (κ2) is 7.32. The van der Waals surface area contributed by atoms with Crippen LogP contribution in [0, 0.1) is 13.8 Å². The van der Waals surface area contributed by atoms with Crippen molar-refractivity contribution in [1.29, 1.82) is 0 Å². The van der Waals surface area contributed by atoms with Crippen LogP contribution in [-0.4, -0.2) is 59.0 Å². The number of aryl methyl sites for hydroxylation is 2. The fraction of sp³-hybridized carbons (Fsp3) is 0.529. The highest BCUT2D eigenvalue weighted by molar-refractivity contribution is 6.34. The van der Waals surface area contributed by atoms with Crippen molar-refractivity contribution in [3.05, 3.63) is 33.8 Å². The van der Waals surface area contributed by atoms with Gasteiger partial charge in [-0.25, -0.2) is 0 Å². The average molecular weight is 339 g/mol. The summed E-state index contributed by atoms with van der Waals surface area (Å²) in [6.45, 7) is 8.39. The van der Waals surface area contributed by atoms with E-state index in [1.807, 2.05) is 32.9 Å². The van der Waals surface area contributed by atoms with Crippen molar-refractivity contribution in [1.82, 2.24) is 9.80 Å². The van der Waals surface area contributed by atoms with Gasteiger partial charge >= 0.3 is 5.97 Å². The van der Waals surface area contributed by atoms with Gasteiger partial charge in [0.1, 0.15) is 0 Å². The Labute approximate surface area is 141 Å². The minimum Gasteiger partial charge on any atom is -0.481 e. The number of carboxylic acids is 1. The van der Waals surface area contributed by atoms with Crippen LogP contribution in [0.2, 0.25) is 5.02 Å². The van der Waals surface area contributed by atoms with E-state index in [1.54, 1.807) is 4.90 Å². The molecule has 1 amide bonds. The van der Waals surface area contributed by atoms with Crippen LogP contribution in [0.1, 0.15) is 34.8 Å². The molecule has 0 saturated carbocycles. The summed E-state index contributed by atoms with van der Waals surface area (Å²) in [6.07, 6.45) is 0.122. The van der Waals surface area contributed by atoms with Gasteiger partial charge in [0, 0.05) is 32.2 Å². The van der Waals surface area contributed by atoms with Gasteiger partial charge in [0.15, 0.2) is 0 Å². The first-order valence-corrected chi connectivity index (χ1v) is 8.19. The number of carboxylic acid groups (broad SMARTS) is 1. The maximum absolute atomic E-state index is 12.7. The van der Waals surface area contributed by atoms with Crippen LogP contribution >= 0.6 is 11.6 Å². The number of benzene rings is 1. The predicted octanol–water partition coefficient (Wildman–Crippen LogP) is 2.58. The molecule has 0 spiro atoms. The molecule has 6 heteroatoms. The molecule has 2 rings (SSSR count). The fourth-order valence-electron chi connectivity index (χ4n) is 2.86. The standard InChI is InChI=1S/C17H23ClN2O3/c1-11-8-14(15(18)9-12(11)2)17(23)20-6-4-19(5-7-20)13(3)10-16(21)22/h8-9,13H,4-7,10H2,1-3H3,(H,21,22). The van der Waals surface area contributed by atoms with Crippen molar-refractivity contribution in [2.24, 2.45) is 0 Å². The molecule has 1 fully saturated rings.